The lowest BCUT2D eigenvalue weighted by Gasteiger charge is -2.23. The third-order valence-electron chi connectivity index (χ3n) is 5.94. The Hall–Kier alpha value is -4.03. The van der Waals surface area contributed by atoms with Gasteiger partial charge >= 0.3 is 0 Å². The molecule has 6 nitrogen and oxygen atoms in total. The molecule has 6 heteroatoms. The third kappa shape index (κ3) is 6.99. The zero-order valence-electron chi connectivity index (χ0n) is 20.8. The Bertz CT molecular complexity index is 1240. The summed E-state index contributed by atoms with van der Waals surface area (Å²) >= 11 is 0. The molecule has 1 amide bonds. The van der Waals surface area contributed by atoms with E-state index >= 15 is 0 Å². The van der Waals surface area contributed by atoms with Gasteiger partial charge in [0.1, 0.15) is 17.3 Å². The van der Waals surface area contributed by atoms with Crippen LogP contribution in [0.4, 0.5) is 0 Å². The van der Waals surface area contributed by atoms with Crippen molar-refractivity contribution in [2.45, 2.75) is 26.1 Å². The van der Waals surface area contributed by atoms with E-state index in [1.165, 1.54) is 11.1 Å². The van der Waals surface area contributed by atoms with Crippen molar-refractivity contribution in [3.8, 4) is 11.5 Å². The van der Waals surface area contributed by atoms with Crippen LogP contribution in [0, 0.1) is 0 Å². The number of benzene rings is 3. The number of ether oxygens (including phenoxy) is 2. The molecule has 0 aliphatic rings. The fourth-order valence-electron chi connectivity index (χ4n) is 4.11. The van der Waals surface area contributed by atoms with Crippen molar-refractivity contribution in [2.24, 2.45) is 0 Å². The lowest BCUT2D eigenvalue weighted by molar-refractivity contribution is 0.0922. The largest absolute Gasteiger partial charge is 0.497 e. The van der Waals surface area contributed by atoms with Crippen LogP contribution in [0.2, 0.25) is 0 Å². The van der Waals surface area contributed by atoms with Gasteiger partial charge in [0.2, 0.25) is 0 Å². The molecule has 36 heavy (non-hydrogen) atoms. The maximum atomic E-state index is 12.6. The molecule has 0 bridgehead atoms. The predicted molar refractivity (Wildman–Crippen MR) is 140 cm³/mol. The highest BCUT2D eigenvalue weighted by atomic mass is 16.5. The van der Waals surface area contributed by atoms with Crippen LogP contribution in [-0.4, -0.2) is 31.6 Å². The van der Waals surface area contributed by atoms with Crippen molar-refractivity contribution in [2.75, 3.05) is 20.8 Å². The highest BCUT2D eigenvalue weighted by Crippen LogP contribution is 2.27. The zero-order valence-corrected chi connectivity index (χ0v) is 20.8. The molecule has 0 fully saturated rings. The van der Waals surface area contributed by atoms with Crippen molar-refractivity contribution in [3.05, 3.63) is 119 Å². The van der Waals surface area contributed by atoms with Crippen LogP contribution < -0.4 is 14.8 Å². The van der Waals surface area contributed by atoms with Crippen LogP contribution in [0.25, 0.3) is 0 Å². The number of carbonyl (C=O) groups excluding carboxylic acids is 1. The molecule has 0 aliphatic heterocycles. The molecule has 4 rings (SSSR count). The predicted octanol–water partition coefficient (Wildman–Crippen LogP) is 5.47. The molecule has 0 unspecified atom stereocenters. The van der Waals surface area contributed by atoms with Crippen molar-refractivity contribution in [1.82, 2.24) is 10.2 Å². The van der Waals surface area contributed by atoms with Gasteiger partial charge in [-0.05, 0) is 47.9 Å². The number of methoxy groups -OCH3 is 2. The Balaban J connectivity index is 1.44. The monoisotopic (exact) mass is 484 g/mol. The average Bonchev–Trinajstić information content (AvgIpc) is 3.38. The van der Waals surface area contributed by atoms with E-state index < -0.39 is 0 Å². The highest BCUT2D eigenvalue weighted by molar-refractivity contribution is 5.91. The summed E-state index contributed by atoms with van der Waals surface area (Å²) in [4.78, 5) is 14.9. The van der Waals surface area contributed by atoms with Crippen LogP contribution in [0.5, 0.6) is 11.5 Å². The number of hydrogen-bond donors (Lipinski definition) is 1. The second-order valence-electron chi connectivity index (χ2n) is 8.57. The van der Waals surface area contributed by atoms with Crippen LogP contribution in [-0.2, 0) is 26.1 Å². The quantitative estimate of drug-likeness (QED) is 0.289. The summed E-state index contributed by atoms with van der Waals surface area (Å²) in [7, 11) is 3.32. The summed E-state index contributed by atoms with van der Waals surface area (Å²) < 4.78 is 17.0. The van der Waals surface area contributed by atoms with E-state index in [1.54, 1.807) is 20.3 Å². The Morgan fingerprint density at radius 2 is 1.53 bits per heavy atom. The first-order chi connectivity index (χ1) is 17.6. The lowest BCUT2D eigenvalue weighted by Crippen LogP contribution is -2.25. The molecular formula is C30H32N2O4. The smallest absolute Gasteiger partial charge is 0.287 e. The van der Waals surface area contributed by atoms with Gasteiger partial charge in [0.25, 0.3) is 5.91 Å². The fraction of sp³-hybridized carbons (Fsp3) is 0.233. The van der Waals surface area contributed by atoms with E-state index in [4.69, 9.17) is 13.9 Å². The van der Waals surface area contributed by atoms with Gasteiger partial charge in [-0.1, -0.05) is 60.7 Å². The first kappa shape index (κ1) is 25.1. The van der Waals surface area contributed by atoms with Crippen molar-refractivity contribution in [1.29, 1.82) is 0 Å². The van der Waals surface area contributed by atoms with Gasteiger partial charge in [0.15, 0.2) is 5.76 Å². The number of nitrogens with one attached hydrogen (secondary N) is 1. The van der Waals surface area contributed by atoms with Gasteiger partial charge < -0.3 is 19.2 Å². The van der Waals surface area contributed by atoms with E-state index in [1.807, 2.05) is 60.7 Å². The fourth-order valence-corrected chi connectivity index (χ4v) is 4.11. The van der Waals surface area contributed by atoms with Crippen molar-refractivity contribution < 1.29 is 18.7 Å². The maximum absolute atomic E-state index is 12.6. The van der Waals surface area contributed by atoms with Crippen molar-refractivity contribution >= 4 is 5.91 Å². The van der Waals surface area contributed by atoms with E-state index in [0.29, 0.717) is 31.9 Å². The Labute approximate surface area is 212 Å². The molecule has 0 saturated carbocycles. The maximum Gasteiger partial charge on any atom is 0.287 e. The van der Waals surface area contributed by atoms with E-state index in [9.17, 15) is 4.79 Å². The topological polar surface area (TPSA) is 63.9 Å². The molecule has 0 spiro atoms. The summed E-state index contributed by atoms with van der Waals surface area (Å²) in [5, 5.41) is 2.94. The molecule has 3 aromatic carbocycles. The minimum atomic E-state index is -0.207. The number of amides is 1. The van der Waals surface area contributed by atoms with Gasteiger partial charge in [-0.25, -0.2) is 0 Å². The molecule has 1 heterocycles. The number of nitrogens with zero attached hydrogens (tertiary/aromatic N) is 1. The molecule has 186 valence electrons. The highest BCUT2D eigenvalue weighted by Gasteiger charge is 2.16. The number of carbonyl (C=O) groups is 1. The summed E-state index contributed by atoms with van der Waals surface area (Å²) in [6, 6.07) is 29.8. The summed E-state index contributed by atoms with van der Waals surface area (Å²) in [5.41, 5.74) is 3.38. The van der Waals surface area contributed by atoms with E-state index in [0.717, 1.165) is 29.2 Å². The first-order valence-corrected chi connectivity index (χ1v) is 12.0. The number of furan rings is 1. The van der Waals surface area contributed by atoms with Crippen LogP contribution in [0.3, 0.4) is 0 Å². The average molecular weight is 485 g/mol. The van der Waals surface area contributed by atoms with Crippen LogP contribution in [0.15, 0.2) is 95.4 Å². The van der Waals surface area contributed by atoms with Gasteiger partial charge in [-0.2, -0.15) is 0 Å². The van der Waals surface area contributed by atoms with Gasteiger partial charge in [0.05, 0.1) is 20.8 Å². The molecule has 4 aromatic rings. The lowest BCUT2D eigenvalue weighted by atomic mass is 10.1. The van der Waals surface area contributed by atoms with Crippen molar-refractivity contribution in [3.63, 3.8) is 0 Å². The Morgan fingerprint density at radius 3 is 2.22 bits per heavy atom. The Kier molecular flexibility index (Phi) is 8.78. The number of hydrogen-bond acceptors (Lipinski definition) is 5. The number of rotatable bonds is 12. The third-order valence-corrected chi connectivity index (χ3v) is 5.94. The zero-order chi connectivity index (χ0) is 25.2. The van der Waals surface area contributed by atoms with Crippen LogP contribution >= 0.6 is 0 Å². The second kappa shape index (κ2) is 12.6. The molecule has 0 atom stereocenters. The minimum absolute atomic E-state index is 0.207. The first-order valence-electron chi connectivity index (χ1n) is 12.0. The normalized spacial score (nSPS) is 10.9. The summed E-state index contributed by atoms with van der Waals surface area (Å²) in [5.74, 6) is 2.41. The standard InChI is InChI=1S/C30H32N2O4/c1-34-26-13-15-28(35-2)25(19-26)21-32(20-24-11-7-4-8-12-24)22-27-14-16-29(36-27)30(33)31-18-17-23-9-5-3-6-10-23/h3-16,19H,17-18,20-22H2,1-2H3,(H,31,33). The summed E-state index contributed by atoms with van der Waals surface area (Å²) in [6.45, 7) is 2.41. The molecular weight excluding hydrogens is 452 g/mol. The molecule has 0 radical (unpaired) electrons. The van der Waals surface area contributed by atoms with Gasteiger partial charge in [0, 0.05) is 25.2 Å². The molecule has 0 saturated heterocycles. The minimum Gasteiger partial charge on any atom is -0.497 e. The van der Waals surface area contributed by atoms with Gasteiger partial charge in [-0.3, -0.25) is 9.69 Å². The molecule has 0 aliphatic carbocycles. The molecule has 1 aromatic heterocycles. The molecule has 1 N–H and O–H groups in total. The summed E-state index contributed by atoms with van der Waals surface area (Å²) in [6.07, 6.45) is 0.771. The Morgan fingerprint density at radius 1 is 0.806 bits per heavy atom. The second-order valence-corrected chi connectivity index (χ2v) is 8.57. The van der Waals surface area contributed by atoms with Gasteiger partial charge in [-0.15, -0.1) is 0 Å². The van der Waals surface area contributed by atoms with E-state index in [-0.39, 0.29) is 5.91 Å². The van der Waals surface area contributed by atoms with E-state index in [2.05, 4.69) is 34.5 Å². The SMILES string of the molecule is COc1ccc(OC)c(CN(Cc2ccccc2)Cc2ccc(C(=O)NCCc3ccccc3)o2)c1. The van der Waals surface area contributed by atoms with Crippen LogP contribution in [0.1, 0.15) is 33.0 Å².